The normalized spacial score (nSPS) is 51.3. The zero-order valence-electron chi connectivity index (χ0n) is 13.0. The van der Waals surface area contributed by atoms with Gasteiger partial charge < -0.3 is 0 Å². The second-order valence-corrected chi connectivity index (χ2v) is 8.42. The molecule has 0 radical (unpaired) electrons. The van der Waals surface area contributed by atoms with E-state index < -0.39 is 0 Å². The first kappa shape index (κ1) is 13.0. The summed E-state index contributed by atoms with van der Waals surface area (Å²) in [5, 5.41) is 0. The van der Waals surface area contributed by atoms with E-state index in [-0.39, 0.29) is 0 Å². The maximum absolute atomic E-state index is 2.67. The molecule has 104 valence electrons. The second kappa shape index (κ2) is 4.25. The lowest BCUT2D eigenvalue weighted by Crippen LogP contribution is -2.42. The van der Waals surface area contributed by atoms with Crippen LogP contribution in [0.25, 0.3) is 0 Å². The molecule has 18 heavy (non-hydrogen) atoms. The van der Waals surface area contributed by atoms with Crippen LogP contribution in [-0.2, 0) is 0 Å². The standard InChI is InChI=1S/C18H32/c1-13-14-9-6-5-7-12-17(2,3)18(13,4)16-11-8-10-15(14)16/h13-16H,5-12H2,1-4H3. The lowest BCUT2D eigenvalue weighted by atomic mass is 9.55. The Bertz CT molecular complexity index is 316. The zero-order chi connectivity index (χ0) is 13.0. The minimum absolute atomic E-state index is 0.554. The summed E-state index contributed by atoms with van der Waals surface area (Å²) in [6, 6.07) is 0. The molecule has 5 unspecified atom stereocenters. The molecule has 2 bridgehead atoms. The van der Waals surface area contributed by atoms with E-state index >= 15 is 0 Å². The van der Waals surface area contributed by atoms with Crippen molar-refractivity contribution in [3.8, 4) is 0 Å². The molecule has 3 rings (SSSR count). The van der Waals surface area contributed by atoms with E-state index in [9.17, 15) is 0 Å². The van der Waals surface area contributed by atoms with Gasteiger partial charge in [0, 0.05) is 0 Å². The predicted octanol–water partition coefficient (Wildman–Crippen LogP) is 5.67. The fraction of sp³-hybridized carbons (Fsp3) is 1.00. The van der Waals surface area contributed by atoms with E-state index in [1.54, 1.807) is 6.42 Å². The Hall–Kier alpha value is 0. The zero-order valence-corrected chi connectivity index (χ0v) is 13.0. The van der Waals surface area contributed by atoms with Gasteiger partial charge in [0.1, 0.15) is 0 Å². The highest BCUT2D eigenvalue weighted by molar-refractivity contribution is 5.10. The summed E-state index contributed by atoms with van der Waals surface area (Å²) in [5.41, 5.74) is 1.17. The molecular weight excluding hydrogens is 216 g/mol. The Kier molecular flexibility index (Phi) is 3.07. The molecule has 0 saturated heterocycles. The van der Waals surface area contributed by atoms with Crippen LogP contribution in [0.1, 0.15) is 79.1 Å². The van der Waals surface area contributed by atoms with Gasteiger partial charge in [-0.05, 0) is 60.2 Å². The Balaban J connectivity index is 2.03. The lowest BCUT2D eigenvalue weighted by Gasteiger charge is -2.49. The Morgan fingerprint density at radius 3 is 2.28 bits per heavy atom. The average Bonchev–Trinajstić information content (AvgIpc) is 2.86. The summed E-state index contributed by atoms with van der Waals surface area (Å²) in [7, 11) is 0. The number of hydrogen-bond acceptors (Lipinski definition) is 0. The van der Waals surface area contributed by atoms with Gasteiger partial charge in [-0.3, -0.25) is 0 Å². The van der Waals surface area contributed by atoms with E-state index in [2.05, 4.69) is 27.7 Å². The lowest BCUT2D eigenvalue weighted by molar-refractivity contribution is -0.00837. The van der Waals surface area contributed by atoms with Crippen molar-refractivity contribution in [2.45, 2.75) is 79.1 Å². The van der Waals surface area contributed by atoms with Gasteiger partial charge in [-0.2, -0.15) is 0 Å². The van der Waals surface area contributed by atoms with Crippen LogP contribution in [0, 0.1) is 34.5 Å². The summed E-state index contributed by atoms with van der Waals surface area (Å²) in [6.45, 7) is 10.5. The molecule has 0 spiro atoms. The van der Waals surface area contributed by atoms with Crippen LogP contribution in [0.4, 0.5) is 0 Å². The summed E-state index contributed by atoms with van der Waals surface area (Å²) >= 11 is 0. The van der Waals surface area contributed by atoms with Crippen molar-refractivity contribution >= 4 is 0 Å². The summed E-state index contributed by atoms with van der Waals surface area (Å²) in [4.78, 5) is 0. The van der Waals surface area contributed by atoms with Crippen molar-refractivity contribution in [1.82, 2.24) is 0 Å². The molecule has 0 nitrogen and oxygen atoms in total. The van der Waals surface area contributed by atoms with Gasteiger partial charge >= 0.3 is 0 Å². The molecule has 0 aromatic rings. The fourth-order valence-electron chi connectivity index (χ4n) is 6.37. The summed E-state index contributed by atoms with van der Waals surface area (Å²) in [5.74, 6) is 4.15. The molecule has 0 heterocycles. The van der Waals surface area contributed by atoms with Crippen LogP contribution < -0.4 is 0 Å². The van der Waals surface area contributed by atoms with Crippen molar-refractivity contribution in [2.75, 3.05) is 0 Å². The van der Waals surface area contributed by atoms with Crippen molar-refractivity contribution in [2.24, 2.45) is 34.5 Å². The SMILES string of the molecule is CC1C2CCCCCC(C)(C)C1(C)C1CCCC21. The Morgan fingerprint density at radius 1 is 0.778 bits per heavy atom. The van der Waals surface area contributed by atoms with Crippen molar-refractivity contribution in [3.05, 3.63) is 0 Å². The molecular formula is C18H32. The third-order valence-corrected chi connectivity index (χ3v) is 7.78. The highest BCUT2D eigenvalue weighted by atomic mass is 14.7. The maximum atomic E-state index is 2.67. The molecule has 0 amide bonds. The highest BCUT2D eigenvalue weighted by Crippen LogP contribution is 2.68. The van der Waals surface area contributed by atoms with E-state index in [1.165, 1.54) is 44.9 Å². The van der Waals surface area contributed by atoms with Gasteiger partial charge in [0.2, 0.25) is 0 Å². The van der Waals surface area contributed by atoms with E-state index in [0.29, 0.717) is 10.8 Å². The van der Waals surface area contributed by atoms with E-state index in [1.807, 2.05) is 0 Å². The molecule has 3 aliphatic rings. The van der Waals surface area contributed by atoms with Crippen LogP contribution in [0.5, 0.6) is 0 Å². The Morgan fingerprint density at radius 2 is 1.50 bits per heavy atom. The summed E-state index contributed by atoms with van der Waals surface area (Å²) < 4.78 is 0. The maximum Gasteiger partial charge on any atom is -0.0215 e. The third-order valence-electron chi connectivity index (χ3n) is 7.78. The predicted molar refractivity (Wildman–Crippen MR) is 78.5 cm³/mol. The van der Waals surface area contributed by atoms with Crippen LogP contribution in [0.2, 0.25) is 0 Å². The molecule has 3 aliphatic carbocycles. The quantitative estimate of drug-likeness (QED) is 0.518. The molecule has 5 atom stereocenters. The first-order valence-corrected chi connectivity index (χ1v) is 8.48. The monoisotopic (exact) mass is 248 g/mol. The highest BCUT2D eigenvalue weighted by Gasteiger charge is 2.61. The molecule has 3 saturated carbocycles. The fourth-order valence-corrected chi connectivity index (χ4v) is 6.37. The van der Waals surface area contributed by atoms with Gasteiger partial charge in [0.05, 0.1) is 0 Å². The van der Waals surface area contributed by atoms with Gasteiger partial charge in [-0.15, -0.1) is 0 Å². The first-order chi connectivity index (χ1) is 8.48. The van der Waals surface area contributed by atoms with Gasteiger partial charge in [-0.25, -0.2) is 0 Å². The van der Waals surface area contributed by atoms with Gasteiger partial charge in [0.15, 0.2) is 0 Å². The molecule has 0 aliphatic heterocycles. The van der Waals surface area contributed by atoms with Crippen LogP contribution in [0.15, 0.2) is 0 Å². The summed E-state index contributed by atoms with van der Waals surface area (Å²) in [6.07, 6.45) is 12.1. The molecule has 3 fully saturated rings. The van der Waals surface area contributed by atoms with Gasteiger partial charge in [0.25, 0.3) is 0 Å². The molecule has 0 aromatic carbocycles. The van der Waals surface area contributed by atoms with Gasteiger partial charge in [-0.1, -0.05) is 53.4 Å². The minimum atomic E-state index is 0.554. The molecule has 0 N–H and O–H groups in total. The van der Waals surface area contributed by atoms with Crippen molar-refractivity contribution < 1.29 is 0 Å². The number of hydrogen-bond donors (Lipinski definition) is 0. The number of fused-ring (bicyclic) bond motifs is 5. The second-order valence-electron chi connectivity index (χ2n) is 8.42. The topological polar surface area (TPSA) is 0 Å². The first-order valence-electron chi connectivity index (χ1n) is 8.48. The van der Waals surface area contributed by atoms with E-state index in [0.717, 1.165) is 23.7 Å². The van der Waals surface area contributed by atoms with Crippen molar-refractivity contribution in [1.29, 1.82) is 0 Å². The van der Waals surface area contributed by atoms with E-state index in [4.69, 9.17) is 0 Å². The average molecular weight is 248 g/mol. The van der Waals surface area contributed by atoms with Crippen molar-refractivity contribution in [3.63, 3.8) is 0 Å². The van der Waals surface area contributed by atoms with Crippen LogP contribution in [0.3, 0.4) is 0 Å². The third kappa shape index (κ3) is 1.56. The van der Waals surface area contributed by atoms with Crippen LogP contribution in [-0.4, -0.2) is 0 Å². The molecule has 0 heteroatoms. The number of rotatable bonds is 0. The Labute approximate surface area is 114 Å². The largest absolute Gasteiger partial charge is 0.0617 e. The minimum Gasteiger partial charge on any atom is -0.0617 e. The van der Waals surface area contributed by atoms with Crippen LogP contribution >= 0.6 is 0 Å². The molecule has 0 aromatic heterocycles. The smallest absolute Gasteiger partial charge is 0.0215 e.